The summed E-state index contributed by atoms with van der Waals surface area (Å²) in [7, 11) is 0. The Morgan fingerprint density at radius 2 is 1.47 bits per heavy atom. The number of nitrogens with one attached hydrogen (secondary N) is 1. The third-order valence-corrected chi connectivity index (χ3v) is 5.69. The lowest BCUT2D eigenvalue weighted by Gasteiger charge is -2.24. The molecular weight excluding hydrogens is 434 g/mol. The second-order valence-corrected chi connectivity index (χ2v) is 7.87. The van der Waals surface area contributed by atoms with Crippen molar-refractivity contribution in [3.8, 4) is 0 Å². The summed E-state index contributed by atoms with van der Waals surface area (Å²) in [5, 5.41) is 0.422. The number of rotatable bonds is 6. The topological polar surface area (TPSA) is 109 Å². The molecular formula is C26H19N3O5. The van der Waals surface area contributed by atoms with E-state index in [1.807, 2.05) is 18.2 Å². The van der Waals surface area contributed by atoms with Gasteiger partial charge in [-0.2, -0.15) is 0 Å². The molecule has 0 bridgehead atoms. The van der Waals surface area contributed by atoms with Crippen molar-refractivity contribution in [2.45, 2.75) is 19.1 Å². The van der Waals surface area contributed by atoms with Crippen LogP contribution in [0.15, 0.2) is 83.7 Å². The van der Waals surface area contributed by atoms with Crippen molar-refractivity contribution in [2.75, 3.05) is 0 Å². The van der Waals surface area contributed by atoms with Gasteiger partial charge in [0, 0.05) is 6.42 Å². The molecule has 0 spiro atoms. The highest BCUT2D eigenvalue weighted by atomic mass is 16.5. The first-order chi connectivity index (χ1) is 16.5. The number of aromatic amines is 1. The zero-order valence-corrected chi connectivity index (χ0v) is 17.9. The number of nitrogens with zero attached hydrogens (tertiary/aromatic N) is 2. The zero-order chi connectivity index (χ0) is 23.7. The van der Waals surface area contributed by atoms with Crippen LogP contribution < -0.4 is 5.56 Å². The van der Waals surface area contributed by atoms with Gasteiger partial charge in [-0.1, -0.05) is 54.6 Å². The Hall–Kier alpha value is -4.59. The van der Waals surface area contributed by atoms with Crippen LogP contribution in [0.1, 0.15) is 32.1 Å². The third-order valence-electron chi connectivity index (χ3n) is 5.69. The molecule has 1 aliphatic rings. The highest BCUT2D eigenvalue weighted by Gasteiger charge is 2.43. The Bertz CT molecular complexity index is 1440. The second kappa shape index (κ2) is 8.74. The first kappa shape index (κ1) is 21.3. The number of benzene rings is 3. The minimum atomic E-state index is -1.18. The smallest absolute Gasteiger partial charge is 0.330 e. The van der Waals surface area contributed by atoms with Crippen molar-refractivity contribution >= 4 is 28.7 Å². The maximum atomic E-state index is 13.2. The van der Waals surface area contributed by atoms with Gasteiger partial charge in [0.25, 0.3) is 17.4 Å². The molecule has 8 heteroatoms. The Balaban J connectivity index is 1.43. The predicted octanol–water partition coefficient (Wildman–Crippen LogP) is 2.87. The van der Waals surface area contributed by atoms with Crippen LogP contribution in [-0.2, 0) is 22.6 Å². The van der Waals surface area contributed by atoms with E-state index in [1.165, 1.54) is 0 Å². The lowest BCUT2D eigenvalue weighted by atomic mass is 10.0. The van der Waals surface area contributed by atoms with Crippen LogP contribution in [0.5, 0.6) is 0 Å². The fraction of sp³-hybridized carbons (Fsp3) is 0.115. The Morgan fingerprint density at radius 1 is 0.853 bits per heavy atom. The summed E-state index contributed by atoms with van der Waals surface area (Å²) in [5.41, 5.74) is 1.38. The summed E-state index contributed by atoms with van der Waals surface area (Å²) in [5.74, 6) is -1.70. The summed E-state index contributed by atoms with van der Waals surface area (Å²) in [4.78, 5) is 59.5. The van der Waals surface area contributed by atoms with Crippen LogP contribution >= 0.6 is 0 Å². The minimum absolute atomic E-state index is 0.0901. The van der Waals surface area contributed by atoms with Crippen LogP contribution in [0.2, 0.25) is 0 Å². The minimum Gasteiger partial charge on any atom is -0.456 e. The first-order valence-electron chi connectivity index (χ1n) is 10.7. The van der Waals surface area contributed by atoms with Crippen molar-refractivity contribution < 1.29 is 19.1 Å². The average Bonchev–Trinajstić information content (AvgIpc) is 3.11. The van der Waals surface area contributed by atoms with E-state index in [-0.39, 0.29) is 35.5 Å². The number of amides is 2. The van der Waals surface area contributed by atoms with Crippen LogP contribution in [0.25, 0.3) is 10.9 Å². The fourth-order valence-corrected chi connectivity index (χ4v) is 4.05. The van der Waals surface area contributed by atoms with Crippen LogP contribution in [-0.4, -0.2) is 38.7 Å². The number of ether oxygens (including phenoxy) is 1. The molecule has 0 aliphatic carbocycles. The summed E-state index contributed by atoms with van der Waals surface area (Å²) in [6, 6.07) is 21.2. The summed E-state index contributed by atoms with van der Waals surface area (Å²) in [6.07, 6.45) is 0.0901. The van der Waals surface area contributed by atoms with E-state index in [9.17, 15) is 19.2 Å². The van der Waals surface area contributed by atoms with Gasteiger partial charge in [-0.05, 0) is 29.8 Å². The molecule has 1 atom stereocenters. The van der Waals surface area contributed by atoms with Crippen molar-refractivity contribution in [2.24, 2.45) is 0 Å². The molecule has 2 amide bonds. The molecule has 8 nitrogen and oxygen atoms in total. The molecule has 0 radical (unpaired) electrons. The normalized spacial score (nSPS) is 13.7. The number of hydrogen-bond donors (Lipinski definition) is 1. The number of H-pyrrole nitrogens is 1. The van der Waals surface area contributed by atoms with Gasteiger partial charge in [0.15, 0.2) is 0 Å². The molecule has 1 aromatic heterocycles. The molecule has 3 aromatic carbocycles. The van der Waals surface area contributed by atoms with E-state index in [1.54, 1.807) is 60.7 Å². The molecule has 34 heavy (non-hydrogen) atoms. The second-order valence-electron chi connectivity index (χ2n) is 7.87. The van der Waals surface area contributed by atoms with E-state index in [0.29, 0.717) is 10.9 Å². The molecule has 4 aromatic rings. The van der Waals surface area contributed by atoms with Crippen molar-refractivity contribution in [3.05, 3.63) is 112 Å². The average molecular weight is 453 g/mol. The number of imide groups is 1. The zero-order valence-electron chi connectivity index (χ0n) is 17.9. The highest BCUT2D eigenvalue weighted by molar-refractivity contribution is 6.22. The highest BCUT2D eigenvalue weighted by Crippen LogP contribution is 2.26. The first-order valence-corrected chi connectivity index (χ1v) is 10.7. The van der Waals surface area contributed by atoms with E-state index in [0.717, 1.165) is 10.5 Å². The molecule has 0 fully saturated rings. The number of carbonyl (C=O) groups is 3. The quantitative estimate of drug-likeness (QED) is 0.355. The van der Waals surface area contributed by atoms with Crippen LogP contribution in [0, 0.1) is 0 Å². The van der Waals surface area contributed by atoms with E-state index in [2.05, 4.69) is 9.97 Å². The van der Waals surface area contributed by atoms with Gasteiger partial charge in [0.2, 0.25) is 0 Å². The Labute approximate surface area is 193 Å². The number of aromatic nitrogens is 2. The summed E-state index contributed by atoms with van der Waals surface area (Å²) >= 11 is 0. The van der Waals surface area contributed by atoms with Gasteiger partial charge in [0.05, 0.1) is 22.0 Å². The van der Waals surface area contributed by atoms with E-state index >= 15 is 0 Å². The largest absolute Gasteiger partial charge is 0.456 e. The molecule has 2 heterocycles. The summed E-state index contributed by atoms with van der Waals surface area (Å²) in [6.45, 7) is -0.312. The van der Waals surface area contributed by atoms with Crippen LogP contribution in [0.4, 0.5) is 0 Å². The fourth-order valence-electron chi connectivity index (χ4n) is 4.05. The monoisotopic (exact) mass is 453 g/mol. The number of fused-ring (bicyclic) bond motifs is 2. The van der Waals surface area contributed by atoms with Gasteiger partial charge in [-0.15, -0.1) is 0 Å². The van der Waals surface area contributed by atoms with E-state index < -0.39 is 23.8 Å². The molecule has 0 saturated carbocycles. The Morgan fingerprint density at radius 3 is 2.18 bits per heavy atom. The molecule has 0 saturated heterocycles. The molecule has 168 valence electrons. The van der Waals surface area contributed by atoms with Gasteiger partial charge in [-0.3, -0.25) is 19.3 Å². The molecule has 1 unspecified atom stereocenters. The van der Waals surface area contributed by atoms with Crippen molar-refractivity contribution in [1.29, 1.82) is 0 Å². The van der Waals surface area contributed by atoms with Crippen molar-refractivity contribution in [3.63, 3.8) is 0 Å². The molecule has 1 N–H and O–H groups in total. The standard InChI is InChI=1S/C26H19N3O5/c30-23-19-12-6-7-13-20(19)27-22(28-23)15-34-26(33)21(14-16-8-2-1-3-9-16)29-24(31)17-10-4-5-11-18(17)25(29)32/h1-13,21H,14-15H2,(H,27,28,30). The molecule has 1 aliphatic heterocycles. The summed E-state index contributed by atoms with van der Waals surface area (Å²) < 4.78 is 5.46. The van der Waals surface area contributed by atoms with Gasteiger partial charge < -0.3 is 9.72 Å². The SMILES string of the molecule is O=C(OCc1nc2ccccc2c(=O)[nH]1)C(Cc1ccccc1)N1C(=O)c2ccccc2C1=O. The van der Waals surface area contributed by atoms with Gasteiger partial charge in [0.1, 0.15) is 18.5 Å². The lowest BCUT2D eigenvalue weighted by Crippen LogP contribution is -2.47. The number of carbonyl (C=O) groups excluding carboxylic acids is 3. The number of para-hydroxylation sites is 1. The lowest BCUT2D eigenvalue weighted by molar-refractivity contribution is -0.149. The number of esters is 1. The van der Waals surface area contributed by atoms with Gasteiger partial charge in [-0.25, -0.2) is 9.78 Å². The van der Waals surface area contributed by atoms with E-state index in [4.69, 9.17) is 4.74 Å². The maximum absolute atomic E-state index is 13.2. The maximum Gasteiger partial charge on any atom is 0.330 e. The number of hydrogen-bond acceptors (Lipinski definition) is 6. The third kappa shape index (κ3) is 3.86. The van der Waals surface area contributed by atoms with Gasteiger partial charge >= 0.3 is 5.97 Å². The predicted molar refractivity (Wildman–Crippen MR) is 123 cm³/mol. The van der Waals surface area contributed by atoms with Crippen LogP contribution in [0.3, 0.4) is 0 Å². The Kier molecular flexibility index (Phi) is 5.47. The van der Waals surface area contributed by atoms with Crippen molar-refractivity contribution in [1.82, 2.24) is 14.9 Å². The molecule has 5 rings (SSSR count).